The van der Waals surface area contributed by atoms with Crippen LogP contribution >= 0.6 is 0 Å². The molecule has 4 heteroatoms. The van der Waals surface area contributed by atoms with E-state index in [9.17, 15) is 4.79 Å². The molecule has 0 radical (unpaired) electrons. The van der Waals surface area contributed by atoms with Crippen LogP contribution in [0.25, 0.3) is 22.4 Å². The second-order valence-electron chi connectivity index (χ2n) is 4.51. The number of pyridine rings is 2. The van der Waals surface area contributed by atoms with E-state index in [2.05, 4.69) is 9.97 Å². The lowest BCUT2D eigenvalue weighted by Gasteiger charge is -2.10. The molecule has 0 unspecified atom stereocenters. The molecule has 3 aromatic rings. The fraction of sp³-hybridized carbons (Fsp3) is 0. The van der Waals surface area contributed by atoms with Gasteiger partial charge >= 0.3 is 0 Å². The molecule has 4 nitrogen and oxygen atoms in total. The Morgan fingerprint density at radius 3 is 2.38 bits per heavy atom. The summed E-state index contributed by atoms with van der Waals surface area (Å²) >= 11 is 0. The van der Waals surface area contributed by atoms with E-state index in [4.69, 9.17) is 5.26 Å². The largest absolute Gasteiger partial charge is 0.320 e. The van der Waals surface area contributed by atoms with Crippen LogP contribution in [-0.4, -0.2) is 9.97 Å². The number of rotatable bonds is 2. The van der Waals surface area contributed by atoms with Gasteiger partial charge in [0.2, 0.25) is 0 Å². The highest BCUT2D eigenvalue weighted by Crippen LogP contribution is 2.29. The van der Waals surface area contributed by atoms with E-state index in [-0.39, 0.29) is 11.1 Å². The van der Waals surface area contributed by atoms with Gasteiger partial charge in [-0.25, -0.2) is 0 Å². The topological polar surface area (TPSA) is 69.5 Å². The third kappa shape index (κ3) is 2.45. The van der Waals surface area contributed by atoms with Crippen LogP contribution in [0.15, 0.2) is 65.7 Å². The minimum absolute atomic E-state index is 0.0986. The Balaban J connectivity index is 2.32. The van der Waals surface area contributed by atoms with Gasteiger partial charge in [0.15, 0.2) is 0 Å². The summed E-state index contributed by atoms with van der Waals surface area (Å²) in [5.41, 5.74) is 3.02. The quantitative estimate of drug-likeness (QED) is 0.780. The fourth-order valence-corrected chi connectivity index (χ4v) is 2.20. The number of aromatic nitrogens is 2. The molecule has 0 amide bonds. The van der Waals surface area contributed by atoms with Crippen LogP contribution in [0.1, 0.15) is 5.56 Å². The Morgan fingerprint density at radius 1 is 1.00 bits per heavy atom. The first kappa shape index (κ1) is 12.8. The first-order valence-corrected chi connectivity index (χ1v) is 6.43. The molecular formula is C17H11N3O. The maximum Gasteiger partial charge on any atom is 0.266 e. The van der Waals surface area contributed by atoms with Crippen molar-refractivity contribution in [3.63, 3.8) is 0 Å². The second kappa shape index (κ2) is 5.43. The predicted molar refractivity (Wildman–Crippen MR) is 80.4 cm³/mol. The molecule has 1 aromatic carbocycles. The lowest BCUT2D eigenvalue weighted by Crippen LogP contribution is -2.11. The number of hydrogen-bond donors (Lipinski definition) is 1. The highest BCUT2D eigenvalue weighted by atomic mass is 16.1. The highest BCUT2D eigenvalue weighted by Gasteiger charge is 2.11. The van der Waals surface area contributed by atoms with E-state index in [1.807, 2.05) is 48.5 Å². The molecule has 2 aromatic heterocycles. The Labute approximate surface area is 121 Å². The van der Waals surface area contributed by atoms with Crippen LogP contribution < -0.4 is 5.56 Å². The molecule has 0 fully saturated rings. The fourth-order valence-electron chi connectivity index (χ4n) is 2.20. The lowest BCUT2D eigenvalue weighted by molar-refractivity contribution is 1.22. The van der Waals surface area contributed by atoms with Crippen LogP contribution in [0.5, 0.6) is 0 Å². The zero-order valence-electron chi connectivity index (χ0n) is 11.1. The first-order chi connectivity index (χ1) is 10.3. The van der Waals surface area contributed by atoms with E-state index in [1.165, 1.54) is 0 Å². The summed E-state index contributed by atoms with van der Waals surface area (Å²) in [6.07, 6.45) is 3.36. The molecule has 0 bridgehead atoms. The summed E-state index contributed by atoms with van der Waals surface area (Å²) in [5, 5.41) is 9.07. The average molecular weight is 273 g/mol. The van der Waals surface area contributed by atoms with Gasteiger partial charge < -0.3 is 4.98 Å². The molecule has 21 heavy (non-hydrogen) atoms. The van der Waals surface area contributed by atoms with Gasteiger partial charge in [0.1, 0.15) is 11.6 Å². The van der Waals surface area contributed by atoms with E-state index in [1.54, 1.807) is 18.5 Å². The number of aromatic amines is 1. The summed E-state index contributed by atoms with van der Waals surface area (Å²) in [7, 11) is 0. The number of benzene rings is 1. The SMILES string of the molecule is N#Cc1cc(-c2ccncc2)c(-c2ccccc2)[nH]c1=O. The second-order valence-corrected chi connectivity index (χ2v) is 4.51. The Kier molecular flexibility index (Phi) is 3.32. The molecule has 3 rings (SSSR count). The molecule has 0 spiro atoms. The average Bonchev–Trinajstić information content (AvgIpc) is 2.56. The summed E-state index contributed by atoms with van der Waals surface area (Å²) in [5.74, 6) is 0. The van der Waals surface area contributed by atoms with Crippen LogP contribution in [0.4, 0.5) is 0 Å². The zero-order valence-corrected chi connectivity index (χ0v) is 11.1. The number of nitriles is 1. The molecule has 0 saturated carbocycles. The van der Waals surface area contributed by atoms with Crippen LogP contribution in [-0.2, 0) is 0 Å². The third-order valence-electron chi connectivity index (χ3n) is 3.22. The zero-order chi connectivity index (χ0) is 14.7. The van der Waals surface area contributed by atoms with Gasteiger partial charge in [0.05, 0.1) is 5.69 Å². The minimum Gasteiger partial charge on any atom is -0.320 e. The van der Waals surface area contributed by atoms with Gasteiger partial charge in [-0.2, -0.15) is 5.26 Å². The van der Waals surface area contributed by atoms with Crippen LogP contribution in [0.3, 0.4) is 0 Å². The molecule has 0 aliphatic rings. The van der Waals surface area contributed by atoms with E-state index in [0.29, 0.717) is 5.69 Å². The first-order valence-electron chi connectivity index (χ1n) is 6.43. The van der Waals surface area contributed by atoms with Crippen molar-refractivity contribution >= 4 is 0 Å². The Morgan fingerprint density at radius 2 is 1.71 bits per heavy atom. The van der Waals surface area contributed by atoms with Gasteiger partial charge in [0, 0.05) is 18.0 Å². The molecule has 2 heterocycles. The summed E-state index contributed by atoms with van der Waals surface area (Å²) < 4.78 is 0. The van der Waals surface area contributed by atoms with Crippen molar-refractivity contribution in [3.05, 3.63) is 76.8 Å². The third-order valence-corrected chi connectivity index (χ3v) is 3.22. The normalized spacial score (nSPS) is 10.0. The van der Waals surface area contributed by atoms with E-state index >= 15 is 0 Å². The van der Waals surface area contributed by atoms with Crippen molar-refractivity contribution in [1.82, 2.24) is 9.97 Å². The van der Waals surface area contributed by atoms with E-state index in [0.717, 1.165) is 16.7 Å². The van der Waals surface area contributed by atoms with Crippen LogP contribution in [0.2, 0.25) is 0 Å². The molecule has 0 aliphatic carbocycles. The lowest BCUT2D eigenvalue weighted by atomic mass is 9.99. The van der Waals surface area contributed by atoms with Crippen molar-refractivity contribution in [2.24, 2.45) is 0 Å². The van der Waals surface area contributed by atoms with Crippen molar-refractivity contribution < 1.29 is 0 Å². The molecule has 100 valence electrons. The van der Waals surface area contributed by atoms with Crippen molar-refractivity contribution in [3.8, 4) is 28.5 Å². The molecule has 0 aliphatic heterocycles. The Bertz CT molecular complexity index is 862. The van der Waals surface area contributed by atoms with Gasteiger partial charge in [-0.05, 0) is 29.3 Å². The number of nitrogens with one attached hydrogen (secondary N) is 1. The summed E-state index contributed by atoms with van der Waals surface area (Å²) in [6.45, 7) is 0. The molecule has 0 atom stereocenters. The molecular weight excluding hydrogens is 262 g/mol. The van der Waals surface area contributed by atoms with Gasteiger partial charge in [-0.3, -0.25) is 9.78 Å². The molecule has 1 N–H and O–H groups in total. The maximum atomic E-state index is 11.9. The molecule has 0 saturated heterocycles. The van der Waals surface area contributed by atoms with Crippen molar-refractivity contribution in [1.29, 1.82) is 5.26 Å². The maximum absolute atomic E-state index is 11.9. The highest BCUT2D eigenvalue weighted by molar-refractivity contribution is 5.81. The van der Waals surface area contributed by atoms with Gasteiger partial charge in [-0.1, -0.05) is 30.3 Å². The van der Waals surface area contributed by atoms with Crippen LogP contribution in [0, 0.1) is 11.3 Å². The van der Waals surface area contributed by atoms with Crippen molar-refractivity contribution in [2.75, 3.05) is 0 Å². The van der Waals surface area contributed by atoms with Crippen molar-refractivity contribution in [2.45, 2.75) is 0 Å². The summed E-state index contributed by atoms with van der Waals surface area (Å²) in [6, 6.07) is 16.8. The predicted octanol–water partition coefficient (Wildman–Crippen LogP) is 2.98. The summed E-state index contributed by atoms with van der Waals surface area (Å²) in [4.78, 5) is 18.7. The number of hydrogen-bond acceptors (Lipinski definition) is 3. The monoisotopic (exact) mass is 273 g/mol. The van der Waals surface area contributed by atoms with E-state index < -0.39 is 0 Å². The van der Waals surface area contributed by atoms with Gasteiger partial charge in [0.25, 0.3) is 5.56 Å². The number of nitrogens with zero attached hydrogens (tertiary/aromatic N) is 2. The smallest absolute Gasteiger partial charge is 0.266 e. The Hall–Kier alpha value is -3.19. The number of H-pyrrole nitrogens is 1. The standard InChI is InChI=1S/C17H11N3O/c18-11-14-10-15(12-6-8-19-9-7-12)16(20-17(14)21)13-4-2-1-3-5-13/h1-10H,(H,20,21). The van der Waals surface area contributed by atoms with Gasteiger partial charge in [-0.15, -0.1) is 0 Å². The minimum atomic E-state index is -0.380.